The molecule has 1 aliphatic heterocycles. The summed E-state index contributed by atoms with van der Waals surface area (Å²) in [5.74, 6) is -0.980. The van der Waals surface area contributed by atoms with E-state index in [1.165, 1.54) is 0 Å². The van der Waals surface area contributed by atoms with Crippen LogP contribution in [0, 0.1) is 5.41 Å². The number of hydrogen-bond acceptors (Lipinski definition) is 5. The van der Waals surface area contributed by atoms with Crippen LogP contribution in [-0.2, 0) is 7.05 Å². The number of ketones is 1. The van der Waals surface area contributed by atoms with E-state index in [0.29, 0.717) is 28.0 Å². The molecule has 1 aromatic carbocycles. The van der Waals surface area contributed by atoms with Crippen molar-refractivity contribution in [2.24, 2.45) is 12.5 Å². The molecule has 0 amide bonds. The molecule has 0 radical (unpaired) electrons. The summed E-state index contributed by atoms with van der Waals surface area (Å²) in [7, 11) is 1.84. The van der Waals surface area contributed by atoms with Gasteiger partial charge >= 0.3 is 5.97 Å². The second kappa shape index (κ2) is 7.23. The van der Waals surface area contributed by atoms with Gasteiger partial charge in [-0.1, -0.05) is 20.8 Å². The summed E-state index contributed by atoms with van der Waals surface area (Å²) in [5.41, 5.74) is 3.49. The van der Waals surface area contributed by atoms with E-state index in [-0.39, 0.29) is 11.3 Å². The van der Waals surface area contributed by atoms with Crippen molar-refractivity contribution in [2.45, 2.75) is 33.6 Å². The first-order chi connectivity index (χ1) is 14.1. The summed E-state index contributed by atoms with van der Waals surface area (Å²) in [6.07, 6.45) is 5.61. The Balaban J connectivity index is 1.87. The van der Waals surface area contributed by atoms with Gasteiger partial charge in [-0.05, 0) is 31.0 Å². The van der Waals surface area contributed by atoms with Crippen molar-refractivity contribution in [2.75, 3.05) is 18.0 Å². The van der Waals surface area contributed by atoms with Gasteiger partial charge in [0.2, 0.25) is 0 Å². The molecule has 0 atom stereocenters. The minimum absolute atomic E-state index is 0.00316. The molecular weight excluding hydrogens is 380 g/mol. The standard InChI is InChI=1S/C23H26N4O3/c1-23(2,3)20(28)17-13-26(4)21-19(17)25-18(12-24-21)14-9-15(22(29)30)11-16(10-14)27-7-5-6-8-27/h9-13H,5-8H2,1-4H3,(H,29,30). The number of anilines is 1. The lowest BCUT2D eigenvalue weighted by molar-refractivity contribution is 0.0696. The molecule has 4 rings (SSSR count). The molecule has 156 valence electrons. The number of aromatic nitrogens is 3. The van der Waals surface area contributed by atoms with E-state index in [0.717, 1.165) is 31.6 Å². The Morgan fingerprint density at radius 2 is 1.80 bits per heavy atom. The van der Waals surface area contributed by atoms with Crippen LogP contribution < -0.4 is 4.90 Å². The fraction of sp³-hybridized carbons (Fsp3) is 0.391. The Hall–Kier alpha value is -3.22. The topological polar surface area (TPSA) is 88.3 Å². The van der Waals surface area contributed by atoms with Crippen molar-refractivity contribution in [3.05, 3.63) is 41.7 Å². The van der Waals surface area contributed by atoms with Crippen LogP contribution in [0.3, 0.4) is 0 Å². The largest absolute Gasteiger partial charge is 0.478 e. The van der Waals surface area contributed by atoms with Crippen LogP contribution >= 0.6 is 0 Å². The SMILES string of the molecule is Cn1cc(C(=O)C(C)(C)C)c2nc(-c3cc(C(=O)O)cc(N4CCCC4)c3)cnc21. The highest BCUT2D eigenvalue weighted by atomic mass is 16.4. The quantitative estimate of drug-likeness (QED) is 0.655. The molecule has 3 aromatic rings. The molecule has 1 aliphatic rings. The first-order valence-corrected chi connectivity index (χ1v) is 10.2. The third-order valence-corrected chi connectivity index (χ3v) is 5.52. The number of benzene rings is 1. The van der Waals surface area contributed by atoms with E-state index in [1.54, 1.807) is 29.1 Å². The molecule has 7 heteroatoms. The Morgan fingerprint density at radius 1 is 1.10 bits per heavy atom. The van der Waals surface area contributed by atoms with Gasteiger partial charge in [0, 0.05) is 43.0 Å². The molecule has 7 nitrogen and oxygen atoms in total. The van der Waals surface area contributed by atoms with Crippen molar-refractivity contribution in [1.82, 2.24) is 14.5 Å². The number of carbonyl (C=O) groups excluding carboxylic acids is 1. The number of hydrogen-bond donors (Lipinski definition) is 1. The Labute approximate surface area is 175 Å². The summed E-state index contributed by atoms with van der Waals surface area (Å²) in [4.78, 5) is 36.1. The molecule has 1 saturated heterocycles. The second-order valence-electron chi connectivity index (χ2n) is 8.93. The number of carbonyl (C=O) groups is 2. The Kier molecular flexibility index (Phi) is 4.84. The van der Waals surface area contributed by atoms with Crippen LogP contribution in [0.4, 0.5) is 5.69 Å². The molecule has 2 aromatic heterocycles. The van der Waals surface area contributed by atoms with Crippen LogP contribution in [0.1, 0.15) is 54.3 Å². The van der Waals surface area contributed by atoms with Crippen LogP contribution in [0.2, 0.25) is 0 Å². The van der Waals surface area contributed by atoms with Crippen molar-refractivity contribution < 1.29 is 14.7 Å². The molecule has 0 aliphatic carbocycles. The van der Waals surface area contributed by atoms with Gasteiger partial charge in [-0.3, -0.25) is 4.79 Å². The maximum absolute atomic E-state index is 12.9. The van der Waals surface area contributed by atoms with Gasteiger partial charge in [-0.15, -0.1) is 0 Å². The third kappa shape index (κ3) is 3.56. The summed E-state index contributed by atoms with van der Waals surface area (Å²) >= 11 is 0. The zero-order valence-corrected chi connectivity index (χ0v) is 17.8. The molecule has 0 saturated carbocycles. The van der Waals surface area contributed by atoms with Crippen LogP contribution in [0.15, 0.2) is 30.6 Å². The fourth-order valence-electron chi connectivity index (χ4n) is 3.89. The van der Waals surface area contributed by atoms with E-state index in [9.17, 15) is 14.7 Å². The lowest BCUT2D eigenvalue weighted by Gasteiger charge is -2.19. The average Bonchev–Trinajstić information content (AvgIpc) is 3.34. The Morgan fingerprint density at radius 3 is 2.43 bits per heavy atom. The average molecular weight is 406 g/mol. The summed E-state index contributed by atoms with van der Waals surface area (Å²) < 4.78 is 1.80. The van der Waals surface area contributed by atoms with Gasteiger partial charge < -0.3 is 14.6 Å². The zero-order chi connectivity index (χ0) is 21.6. The van der Waals surface area contributed by atoms with Crippen LogP contribution in [0.5, 0.6) is 0 Å². The summed E-state index contributed by atoms with van der Waals surface area (Å²) in [6.45, 7) is 7.46. The van der Waals surface area contributed by atoms with E-state index in [2.05, 4.69) is 9.88 Å². The minimum Gasteiger partial charge on any atom is -0.478 e. The highest BCUT2D eigenvalue weighted by Crippen LogP contribution is 2.31. The maximum atomic E-state index is 12.9. The zero-order valence-electron chi connectivity index (χ0n) is 17.8. The number of aromatic carboxylic acids is 1. The number of carboxylic acid groups (broad SMARTS) is 1. The number of carboxylic acids is 1. The Bertz CT molecular complexity index is 1150. The monoisotopic (exact) mass is 406 g/mol. The molecule has 30 heavy (non-hydrogen) atoms. The summed E-state index contributed by atoms with van der Waals surface area (Å²) in [6, 6.07) is 5.29. The van der Waals surface area contributed by atoms with Crippen molar-refractivity contribution >= 4 is 28.6 Å². The number of fused-ring (bicyclic) bond motifs is 1. The predicted octanol–water partition coefficient (Wildman–Crippen LogP) is 4.16. The van der Waals surface area contributed by atoms with Gasteiger partial charge in [0.1, 0.15) is 5.52 Å². The molecular formula is C23H26N4O3. The first-order valence-electron chi connectivity index (χ1n) is 10.2. The number of nitrogens with zero attached hydrogens (tertiary/aromatic N) is 4. The molecule has 1 fully saturated rings. The van der Waals surface area contributed by atoms with E-state index >= 15 is 0 Å². The lowest BCUT2D eigenvalue weighted by Crippen LogP contribution is -2.20. The first kappa shape index (κ1) is 20.1. The third-order valence-electron chi connectivity index (χ3n) is 5.52. The van der Waals surface area contributed by atoms with Crippen molar-refractivity contribution in [3.63, 3.8) is 0 Å². The van der Waals surface area contributed by atoms with E-state index < -0.39 is 11.4 Å². The fourth-order valence-corrected chi connectivity index (χ4v) is 3.89. The number of rotatable bonds is 4. The van der Waals surface area contributed by atoms with E-state index in [1.807, 2.05) is 33.9 Å². The number of Topliss-reactive ketones (excluding diaryl/α,β-unsaturated/α-hetero) is 1. The summed E-state index contributed by atoms with van der Waals surface area (Å²) in [5, 5.41) is 9.60. The van der Waals surface area contributed by atoms with Gasteiger partial charge in [-0.25, -0.2) is 14.8 Å². The second-order valence-corrected chi connectivity index (χ2v) is 8.93. The van der Waals surface area contributed by atoms with Gasteiger partial charge in [0.15, 0.2) is 11.4 Å². The molecule has 1 N–H and O–H groups in total. The smallest absolute Gasteiger partial charge is 0.335 e. The van der Waals surface area contributed by atoms with Crippen molar-refractivity contribution in [1.29, 1.82) is 0 Å². The van der Waals surface area contributed by atoms with Gasteiger partial charge in [0.05, 0.1) is 23.0 Å². The molecule has 3 heterocycles. The highest BCUT2D eigenvalue weighted by Gasteiger charge is 2.27. The minimum atomic E-state index is -0.977. The molecule has 0 bridgehead atoms. The normalized spacial score (nSPS) is 14.5. The van der Waals surface area contributed by atoms with Gasteiger partial charge in [0.25, 0.3) is 0 Å². The van der Waals surface area contributed by atoms with Crippen molar-refractivity contribution in [3.8, 4) is 11.3 Å². The molecule has 0 unspecified atom stereocenters. The van der Waals surface area contributed by atoms with Gasteiger partial charge in [-0.2, -0.15) is 0 Å². The van der Waals surface area contributed by atoms with Crippen LogP contribution in [0.25, 0.3) is 22.4 Å². The van der Waals surface area contributed by atoms with E-state index in [4.69, 9.17) is 4.98 Å². The predicted molar refractivity (Wildman–Crippen MR) is 116 cm³/mol. The highest BCUT2D eigenvalue weighted by molar-refractivity contribution is 6.08. The maximum Gasteiger partial charge on any atom is 0.335 e. The molecule has 0 spiro atoms. The lowest BCUT2D eigenvalue weighted by atomic mass is 9.87. The van der Waals surface area contributed by atoms with Crippen LogP contribution in [-0.4, -0.2) is 44.5 Å². The number of aryl methyl sites for hydroxylation is 1.